The summed E-state index contributed by atoms with van der Waals surface area (Å²) in [5.41, 5.74) is 9.23. The lowest BCUT2D eigenvalue weighted by Crippen LogP contribution is -2.60. The maximum atomic E-state index is 14.6. The smallest absolute Gasteiger partial charge is 0.328 e. The molecule has 4 rings (SSSR count). The lowest BCUT2D eigenvalue weighted by molar-refractivity contribution is -0.149. The van der Waals surface area contributed by atoms with Crippen LogP contribution in [0.3, 0.4) is 0 Å². The number of nitrogens with zero attached hydrogens (tertiary/aromatic N) is 6. The Labute approximate surface area is 396 Å². The molecule has 374 valence electrons. The maximum Gasteiger partial charge on any atom is 0.328 e. The van der Waals surface area contributed by atoms with Gasteiger partial charge in [0.15, 0.2) is 0 Å². The van der Waals surface area contributed by atoms with Gasteiger partial charge < -0.3 is 49.0 Å². The number of nitrogens with one attached hydrogen (secondary N) is 2. The summed E-state index contributed by atoms with van der Waals surface area (Å²) in [6, 6.07) is 5.76. The summed E-state index contributed by atoms with van der Waals surface area (Å²) in [5.74, 6) is -3.19. The summed E-state index contributed by atoms with van der Waals surface area (Å²) >= 11 is 0. The predicted molar refractivity (Wildman–Crippen MR) is 249 cm³/mol. The van der Waals surface area contributed by atoms with Gasteiger partial charge in [-0.15, -0.1) is 0 Å². The maximum absolute atomic E-state index is 14.6. The van der Waals surface area contributed by atoms with Gasteiger partial charge in [0.1, 0.15) is 18.1 Å². The molecule has 3 fully saturated rings. The number of piperidine rings is 1. The third-order valence-electron chi connectivity index (χ3n) is 13.9. The van der Waals surface area contributed by atoms with Gasteiger partial charge in [-0.25, -0.2) is 4.79 Å². The van der Waals surface area contributed by atoms with Crippen molar-refractivity contribution in [3.05, 3.63) is 46.3 Å². The summed E-state index contributed by atoms with van der Waals surface area (Å²) in [7, 11) is 6.01. The summed E-state index contributed by atoms with van der Waals surface area (Å²) in [6.07, 6.45) is 3.22. The number of hydrogen-bond acceptors (Lipinski definition) is 12. The first-order chi connectivity index (χ1) is 32.1. The molecule has 0 radical (unpaired) electrons. The Morgan fingerprint density at radius 3 is 2.24 bits per heavy atom. The number of rotatable bonds is 28. The topological polar surface area (TPSA) is 231 Å². The van der Waals surface area contributed by atoms with Crippen molar-refractivity contribution in [2.45, 2.75) is 141 Å². The number of methoxy groups -OCH3 is 3. The molecule has 0 aromatic heterocycles. The van der Waals surface area contributed by atoms with Crippen LogP contribution in [-0.2, 0) is 58.9 Å². The van der Waals surface area contributed by atoms with Crippen molar-refractivity contribution in [2.75, 3.05) is 67.9 Å². The van der Waals surface area contributed by atoms with E-state index in [-0.39, 0.29) is 93.1 Å². The normalized spacial score (nSPS) is 21.9. The van der Waals surface area contributed by atoms with Crippen molar-refractivity contribution in [1.29, 1.82) is 0 Å². The Bertz CT molecular complexity index is 1830. The molecule has 11 atom stereocenters. The minimum absolute atomic E-state index is 0.0161. The van der Waals surface area contributed by atoms with Crippen LogP contribution in [0, 0.1) is 23.7 Å². The van der Waals surface area contributed by atoms with Crippen LogP contribution in [0.5, 0.6) is 0 Å². The van der Waals surface area contributed by atoms with Crippen molar-refractivity contribution in [3.63, 3.8) is 0 Å². The number of benzene rings is 1. The fourth-order valence-electron chi connectivity index (χ4n) is 10.2. The van der Waals surface area contributed by atoms with E-state index in [1.54, 1.807) is 28.7 Å². The first-order valence-corrected chi connectivity index (χ1v) is 23.9. The van der Waals surface area contributed by atoms with Gasteiger partial charge >= 0.3 is 5.97 Å². The van der Waals surface area contributed by atoms with Crippen LogP contribution in [-0.4, -0.2) is 167 Å². The van der Waals surface area contributed by atoms with Crippen LogP contribution in [0.25, 0.3) is 10.4 Å². The van der Waals surface area contributed by atoms with Gasteiger partial charge in [0.25, 0.3) is 0 Å². The van der Waals surface area contributed by atoms with E-state index in [0.29, 0.717) is 32.4 Å². The molecule has 1 aromatic rings. The van der Waals surface area contributed by atoms with Crippen molar-refractivity contribution in [2.24, 2.45) is 28.8 Å². The average Bonchev–Trinajstić information content (AvgIpc) is 4.10. The Kier molecular flexibility index (Phi) is 22.3. The second kappa shape index (κ2) is 27.3. The molecule has 2 heterocycles. The van der Waals surface area contributed by atoms with E-state index in [1.165, 1.54) is 21.3 Å². The molecule has 1 aromatic carbocycles. The number of carbonyl (C=O) groups excluding carboxylic acids is 6. The second-order valence-corrected chi connectivity index (χ2v) is 18.5. The minimum Gasteiger partial charge on any atom is -0.467 e. The number of azide groups is 1. The quantitative estimate of drug-likeness (QED) is 0.0400. The lowest BCUT2D eigenvalue weighted by Gasteiger charge is -2.41. The van der Waals surface area contributed by atoms with Crippen LogP contribution in [0.1, 0.15) is 91.5 Å². The highest BCUT2D eigenvalue weighted by Crippen LogP contribution is 2.43. The number of carbonyl (C=O) groups is 6. The molecule has 2 bridgehead atoms. The number of fused-ring (bicyclic) bond motifs is 2. The number of esters is 1. The SMILES string of the molecule is CC[C@H](C)[C@@H]([C@@H](CC(=O)N1CCC[C@H]1[C@H](OC)[C@@H](C)C(=O)NC(Cc1ccccc1)C(=O)OC)OC)N(C)C(=O)[C@@H](NC(=O)[C@@H]1[C@H]2CC[C@H](C2)N1C(=O)CCOCCOCCN=[N+]=[N-])C(C)C. The average molecular weight is 941 g/mol. The van der Waals surface area contributed by atoms with E-state index in [1.807, 2.05) is 58.0 Å². The Morgan fingerprint density at radius 2 is 1.61 bits per heavy atom. The van der Waals surface area contributed by atoms with Crippen molar-refractivity contribution >= 4 is 35.5 Å². The van der Waals surface area contributed by atoms with E-state index in [9.17, 15) is 28.8 Å². The molecule has 1 unspecified atom stereocenters. The Hall–Kier alpha value is -4.81. The third kappa shape index (κ3) is 14.6. The van der Waals surface area contributed by atoms with Gasteiger partial charge in [0, 0.05) is 51.7 Å². The standard InChI is InChI=1S/C48H76N8O11/c1-10-31(4)42(38(63-7)29-40(58)55-22-14-17-37(55)44(64-8)32(5)45(59)51-36(48(62)65-9)27-33-15-12-11-13-16-33)54(6)47(61)41(30(2)3)52-46(60)43-34-18-19-35(28-34)56(43)39(57)20-23-66-25-26-67-24-21-50-53-49/h11-13,15-16,30-32,34-38,41-44H,10,14,17-29H2,1-9H3,(H,51,59)(H,52,60)/t31-,32+,34-,35+,36?,37-,38+,41-,42-,43-,44+/m0/s1. The minimum atomic E-state index is -0.918. The first-order valence-electron chi connectivity index (χ1n) is 23.9. The zero-order chi connectivity index (χ0) is 49.2. The van der Waals surface area contributed by atoms with Crippen LogP contribution in [0.15, 0.2) is 35.4 Å². The molecular formula is C48H76N8O11. The van der Waals surface area contributed by atoms with Gasteiger partial charge in [0.05, 0.1) is 76.6 Å². The zero-order valence-corrected chi connectivity index (χ0v) is 41.1. The number of likely N-dealkylation sites (tertiary alicyclic amines) is 2. The van der Waals surface area contributed by atoms with Gasteiger partial charge in [-0.1, -0.05) is 76.5 Å². The molecular weight excluding hydrogens is 865 g/mol. The predicted octanol–water partition coefficient (Wildman–Crippen LogP) is 4.06. The largest absolute Gasteiger partial charge is 0.467 e. The highest BCUT2D eigenvalue weighted by atomic mass is 16.5. The molecule has 5 amide bonds. The lowest BCUT2D eigenvalue weighted by atomic mass is 9.89. The van der Waals surface area contributed by atoms with Crippen molar-refractivity contribution < 1.29 is 52.5 Å². The number of hydrogen-bond donors (Lipinski definition) is 2. The summed E-state index contributed by atoms with van der Waals surface area (Å²) in [6.45, 7) is 11.2. The summed E-state index contributed by atoms with van der Waals surface area (Å²) in [5, 5.41) is 9.33. The van der Waals surface area contributed by atoms with Gasteiger partial charge in [0.2, 0.25) is 29.5 Å². The fraction of sp³-hybridized carbons (Fsp3) is 0.750. The molecule has 1 saturated carbocycles. The molecule has 1 aliphatic carbocycles. The molecule has 0 spiro atoms. The van der Waals surface area contributed by atoms with Gasteiger partial charge in [-0.3, -0.25) is 24.0 Å². The van der Waals surface area contributed by atoms with Crippen molar-refractivity contribution in [3.8, 4) is 0 Å². The molecule has 2 saturated heterocycles. The number of amides is 5. The Morgan fingerprint density at radius 1 is 0.910 bits per heavy atom. The molecule has 19 nitrogen and oxygen atoms in total. The Balaban J connectivity index is 1.42. The summed E-state index contributed by atoms with van der Waals surface area (Å²) < 4.78 is 28.0. The molecule has 67 heavy (non-hydrogen) atoms. The van der Waals surface area contributed by atoms with E-state index < -0.39 is 60.2 Å². The van der Waals surface area contributed by atoms with E-state index in [2.05, 4.69) is 20.7 Å². The van der Waals surface area contributed by atoms with Gasteiger partial charge in [-0.05, 0) is 61.0 Å². The number of likely N-dealkylation sites (N-methyl/N-ethyl adjacent to an activating group) is 1. The van der Waals surface area contributed by atoms with Crippen LogP contribution < -0.4 is 10.6 Å². The van der Waals surface area contributed by atoms with Gasteiger partial charge in [-0.2, -0.15) is 0 Å². The first kappa shape index (κ1) is 54.8. The number of ether oxygens (including phenoxy) is 5. The van der Waals surface area contributed by atoms with E-state index >= 15 is 0 Å². The molecule has 3 aliphatic rings. The fourth-order valence-corrected chi connectivity index (χ4v) is 10.2. The highest BCUT2D eigenvalue weighted by Gasteiger charge is 2.52. The molecule has 2 N–H and O–H groups in total. The monoisotopic (exact) mass is 941 g/mol. The zero-order valence-electron chi connectivity index (χ0n) is 41.1. The third-order valence-corrected chi connectivity index (χ3v) is 13.9. The van der Waals surface area contributed by atoms with Crippen LogP contribution in [0.4, 0.5) is 0 Å². The van der Waals surface area contributed by atoms with Crippen LogP contribution >= 0.6 is 0 Å². The van der Waals surface area contributed by atoms with E-state index in [4.69, 9.17) is 29.2 Å². The highest BCUT2D eigenvalue weighted by molar-refractivity contribution is 5.93. The molecule has 2 aliphatic heterocycles. The second-order valence-electron chi connectivity index (χ2n) is 18.5. The van der Waals surface area contributed by atoms with E-state index in [0.717, 1.165) is 24.8 Å². The van der Waals surface area contributed by atoms with Crippen molar-refractivity contribution in [1.82, 2.24) is 25.3 Å². The van der Waals surface area contributed by atoms with Crippen LogP contribution in [0.2, 0.25) is 0 Å². The molecule has 19 heteroatoms. The summed E-state index contributed by atoms with van der Waals surface area (Å²) in [4.78, 5) is 91.1.